The van der Waals surface area contributed by atoms with Crippen LogP contribution in [-0.2, 0) is 4.79 Å². The molecule has 0 saturated heterocycles. The molecule has 43 heavy (non-hydrogen) atoms. The number of anilines is 3. The molecule has 12 nitrogen and oxygen atoms in total. The van der Waals surface area contributed by atoms with Crippen molar-refractivity contribution in [1.82, 2.24) is 29.5 Å². The number of hydrogen-bond donors (Lipinski definition) is 2. The second kappa shape index (κ2) is 12.2. The predicted molar refractivity (Wildman–Crippen MR) is 163 cm³/mol. The van der Waals surface area contributed by atoms with Crippen LogP contribution in [0.1, 0.15) is 100 Å². The zero-order valence-corrected chi connectivity index (χ0v) is 25.7. The van der Waals surface area contributed by atoms with E-state index in [1.807, 2.05) is 6.92 Å². The van der Waals surface area contributed by atoms with E-state index in [0.717, 1.165) is 55.8 Å². The lowest BCUT2D eigenvalue weighted by Gasteiger charge is -2.41. The highest BCUT2D eigenvalue weighted by Crippen LogP contribution is 2.44. The van der Waals surface area contributed by atoms with Crippen LogP contribution in [0.2, 0.25) is 10.6 Å². The van der Waals surface area contributed by atoms with Crippen molar-refractivity contribution in [3.05, 3.63) is 40.7 Å². The molecule has 2 aliphatic carbocycles. The van der Waals surface area contributed by atoms with E-state index in [4.69, 9.17) is 23.2 Å². The number of rotatable bonds is 5. The molecule has 2 atom stereocenters. The maximum absolute atomic E-state index is 12.2. The Labute approximate surface area is 259 Å². The molecule has 228 valence electrons. The van der Waals surface area contributed by atoms with E-state index in [1.54, 1.807) is 23.3 Å². The van der Waals surface area contributed by atoms with Crippen LogP contribution in [0, 0.1) is 0 Å². The third-order valence-electron chi connectivity index (χ3n) is 8.97. The summed E-state index contributed by atoms with van der Waals surface area (Å²) in [5.74, 6) is 0.577. The lowest BCUT2D eigenvalue weighted by molar-refractivity contribution is -0.117. The molecule has 3 aromatic rings. The van der Waals surface area contributed by atoms with Crippen LogP contribution in [-0.4, -0.2) is 64.6 Å². The van der Waals surface area contributed by atoms with E-state index in [0.29, 0.717) is 23.5 Å². The van der Waals surface area contributed by atoms with Gasteiger partial charge in [-0.15, -0.1) is 0 Å². The second-order valence-corrected chi connectivity index (χ2v) is 12.1. The highest BCUT2D eigenvalue weighted by Gasteiger charge is 2.41. The first kappa shape index (κ1) is 29.6. The average molecular weight is 629 g/mol. The van der Waals surface area contributed by atoms with Crippen molar-refractivity contribution in [3.63, 3.8) is 0 Å². The van der Waals surface area contributed by atoms with Crippen molar-refractivity contribution < 1.29 is 14.7 Å². The summed E-state index contributed by atoms with van der Waals surface area (Å²) < 4.78 is 1.80. The summed E-state index contributed by atoms with van der Waals surface area (Å²) in [5, 5.41) is 12.8. The molecule has 14 heteroatoms. The number of aromatic nitrogens is 6. The number of carboxylic acids is 1. The van der Waals surface area contributed by atoms with E-state index in [-0.39, 0.29) is 34.3 Å². The Hall–Kier alpha value is -3.51. The van der Waals surface area contributed by atoms with E-state index < -0.39 is 5.97 Å². The van der Waals surface area contributed by atoms with Crippen molar-refractivity contribution in [2.75, 3.05) is 15.1 Å². The first-order valence-electron chi connectivity index (χ1n) is 15.1. The average Bonchev–Trinajstić information content (AvgIpc) is 3.78. The largest absolute Gasteiger partial charge is 0.476 e. The monoisotopic (exact) mass is 627 g/mol. The van der Waals surface area contributed by atoms with Gasteiger partial charge in [0.1, 0.15) is 23.7 Å². The minimum absolute atomic E-state index is 0.0350. The summed E-state index contributed by atoms with van der Waals surface area (Å²) in [6.45, 7) is 4.09. The lowest BCUT2D eigenvalue weighted by Crippen LogP contribution is -2.52. The number of fused-ring (bicyclic) bond motifs is 4. The Kier molecular flexibility index (Phi) is 8.41. The highest BCUT2D eigenvalue weighted by atomic mass is 35.5. The van der Waals surface area contributed by atoms with Gasteiger partial charge in [0.2, 0.25) is 16.5 Å². The fraction of sp³-hybridized carbons (Fsp3) is 0.552. The van der Waals surface area contributed by atoms with Crippen LogP contribution in [0.4, 0.5) is 17.3 Å². The predicted octanol–water partition coefficient (Wildman–Crippen LogP) is 5.84. The maximum Gasteiger partial charge on any atom is 0.356 e. The maximum atomic E-state index is 12.2. The molecule has 2 fully saturated rings. The number of nitrogens with one attached hydrogen (secondary N) is 1. The zero-order valence-electron chi connectivity index (χ0n) is 24.2. The Morgan fingerprint density at radius 1 is 0.884 bits per heavy atom. The molecule has 1 amide bonds. The van der Waals surface area contributed by atoms with Crippen molar-refractivity contribution in [1.29, 1.82) is 0 Å². The van der Waals surface area contributed by atoms with Gasteiger partial charge in [-0.1, -0.05) is 39.5 Å². The highest BCUT2D eigenvalue weighted by molar-refractivity contribution is 6.28. The van der Waals surface area contributed by atoms with Gasteiger partial charge in [0, 0.05) is 12.1 Å². The van der Waals surface area contributed by atoms with E-state index in [2.05, 4.69) is 47.0 Å². The molecule has 1 unspecified atom stereocenters. The molecule has 0 aromatic carbocycles. The van der Waals surface area contributed by atoms with E-state index >= 15 is 0 Å². The Morgan fingerprint density at radius 3 is 2.02 bits per heavy atom. The van der Waals surface area contributed by atoms with E-state index in [1.165, 1.54) is 25.7 Å². The fourth-order valence-corrected chi connectivity index (χ4v) is 7.39. The number of nitrogens with zero attached hydrogens (tertiary/aromatic N) is 8. The van der Waals surface area contributed by atoms with Gasteiger partial charge in [0.25, 0.3) is 0 Å². The third-order valence-corrected chi connectivity index (χ3v) is 9.34. The summed E-state index contributed by atoms with van der Waals surface area (Å²) in [6, 6.07) is 0.493. The number of carboxylic acid groups (broad SMARTS) is 1. The minimum atomic E-state index is -1.01. The van der Waals surface area contributed by atoms with Gasteiger partial charge in [-0.2, -0.15) is 9.97 Å². The van der Waals surface area contributed by atoms with Crippen molar-refractivity contribution in [2.45, 2.75) is 102 Å². The van der Waals surface area contributed by atoms with Gasteiger partial charge in [0.05, 0.1) is 24.1 Å². The topological polar surface area (TPSA) is 142 Å². The molecule has 3 aromatic heterocycles. The first-order chi connectivity index (χ1) is 20.8. The van der Waals surface area contributed by atoms with Gasteiger partial charge in [-0.25, -0.2) is 19.7 Å². The number of carbonyl (C=O) groups is 2. The van der Waals surface area contributed by atoms with Crippen LogP contribution in [0.5, 0.6) is 0 Å². The van der Waals surface area contributed by atoms with Crippen molar-refractivity contribution in [2.24, 2.45) is 0 Å². The number of aromatic carboxylic acids is 1. The number of amides is 1. The second-order valence-electron chi connectivity index (χ2n) is 11.4. The van der Waals surface area contributed by atoms with Crippen LogP contribution >= 0.6 is 23.2 Å². The number of halogens is 2. The molecule has 7 rings (SSSR count). The normalized spacial score (nSPS) is 21.5. The summed E-state index contributed by atoms with van der Waals surface area (Å²) in [5.41, 5.74) is 2.22. The molecule has 2 aliphatic heterocycles. The van der Waals surface area contributed by atoms with Gasteiger partial charge in [-0.05, 0) is 61.7 Å². The minimum Gasteiger partial charge on any atom is -0.476 e. The molecule has 2 saturated carbocycles. The quantitative estimate of drug-likeness (QED) is 0.331. The first-order valence-corrected chi connectivity index (χ1v) is 15.8. The zero-order chi connectivity index (χ0) is 30.2. The third kappa shape index (κ3) is 5.39. The molecule has 0 spiro atoms. The summed E-state index contributed by atoms with van der Waals surface area (Å²) in [4.78, 5) is 49.2. The number of carbonyl (C=O) groups excluding carboxylic acids is 1. The molecule has 5 heterocycles. The Morgan fingerprint density at radius 2 is 1.44 bits per heavy atom. The van der Waals surface area contributed by atoms with Gasteiger partial charge in [-0.3, -0.25) is 9.36 Å². The Bertz CT molecular complexity index is 1520. The molecule has 2 N–H and O–H groups in total. The SMILES string of the molecule is CCC1c2c(C(=O)O)ncn2-c2cnc(Cl)nc2N1C1CCCC1.CC[C@@H]1C(=O)Nc2cnc(Cl)nc2N1C1CCCC1. The van der Waals surface area contributed by atoms with Crippen LogP contribution in [0.25, 0.3) is 5.69 Å². The summed E-state index contributed by atoms with van der Waals surface area (Å²) in [6.07, 6.45) is 15.5. The molecular formula is C29H35Cl2N9O3. The smallest absolute Gasteiger partial charge is 0.356 e. The van der Waals surface area contributed by atoms with Crippen molar-refractivity contribution in [3.8, 4) is 5.69 Å². The molecule has 0 bridgehead atoms. The Balaban J connectivity index is 0.000000157. The molecule has 0 radical (unpaired) electrons. The van der Waals surface area contributed by atoms with Crippen LogP contribution in [0.15, 0.2) is 18.7 Å². The molecular weight excluding hydrogens is 593 g/mol. The van der Waals surface area contributed by atoms with Gasteiger partial charge in [0.15, 0.2) is 17.3 Å². The fourth-order valence-electron chi connectivity index (χ4n) is 7.14. The van der Waals surface area contributed by atoms with Crippen LogP contribution in [0.3, 0.4) is 0 Å². The number of hydrogen-bond acceptors (Lipinski definition) is 9. The summed E-state index contributed by atoms with van der Waals surface area (Å²) >= 11 is 12.0. The van der Waals surface area contributed by atoms with Crippen LogP contribution < -0.4 is 15.1 Å². The van der Waals surface area contributed by atoms with E-state index in [9.17, 15) is 14.7 Å². The molecule has 4 aliphatic rings. The lowest BCUT2D eigenvalue weighted by atomic mass is 10.0. The standard InChI is InChI=1S/C16H18ClN5O2.C13H17ClN4O/c1-2-10-13-12(15(23)24)19-8-21(13)11-7-18-16(17)20-14(11)22(10)9-5-3-4-6-9;1-2-10-12(19)16-9-7-15-13(14)17-11(9)18(10)8-5-3-4-6-8/h7-10H,2-6H2,1H3,(H,23,24);7-8,10H,2-6H2,1H3,(H,16,19)/t;10-/m.1/s1. The van der Waals surface area contributed by atoms with Gasteiger partial charge < -0.3 is 20.2 Å². The number of imidazole rings is 1. The van der Waals surface area contributed by atoms with Crippen molar-refractivity contribution >= 4 is 52.4 Å². The van der Waals surface area contributed by atoms with Gasteiger partial charge >= 0.3 is 5.97 Å². The summed E-state index contributed by atoms with van der Waals surface area (Å²) in [7, 11) is 0.